The SMILES string of the molecule is CC(N)c1cnc(N2CCC(C(C)(C)C)C2)s1. The molecule has 96 valence electrons. The van der Waals surface area contributed by atoms with Gasteiger partial charge >= 0.3 is 0 Å². The van der Waals surface area contributed by atoms with E-state index in [0.717, 1.165) is 24.1 Å². The minimum absolute atomic E-state index is 0.0993. The van der Waals surface area contributed by atoms with Crippen molar-refractivity contribution in [3.8, 4) is 0 Å². The molecule has 1 saturated heterocycles. The van der Waals surface area contributed by atoms with E-state index in [1.807, 2.05) is 13.1 Å². The number of hydrogen-bond donors (Lipinski definition) is 1. The predicted octanol–water partition coefficient (Wildman–Crippen LogP) is 3.04. The van der Waals surface area contributed by atoms with Crippen LogP contribution in [-0.2, 0) is 0 Å². The fourth-order valence-electron chi connectivity index (χ4n) is 2.27. The molecule has 2 unspecified atom stereocenters. The van der Waals surface area contributed by atoms with Crippen LogP contribution in [0.3, 0.4) is 0 Å². The number of nitrogens with two attached hydrogens (primary N) is 1. The molecular formula is C13H23N3S. The molecule has 2 N–H and O–H groups in total. The Morgan fingerprint density at radius 2 is 2.24 bits per heavy atom. The van der Waals surface area contributed by atoms with E-state index in [9.17, 15) is 0 Å². The second-order valence-corrected chi connectivity index (χ2v) is 7.17. The molecule has 1 aromatic heterocycles. The van der Waals surface area contributed by atoms with Crippen molar-refractivity contribution in [3.05, 3.63) is 11.1 Å². The van der Waals surface area contributed by atoms with Gasteiger partial charge in [-0.25, -0.2) is 4.98 Å². The molecule has 4 heteroatoms. The first-order valence-electron chi connectivity index (χ1n) is 6.34. The van der Waals surface area contributed by atoms with Gasteiger partial charge in [-0.15, -0.1) is 11.3 Å². The van der Waals surface area contributed by atoms with E-state index in [0.29, 0.717) is 5.41 Å². The predicted molar refractivity (Wildman–Crippen MR) is 74.5 cm³/mol. The molecule has 2 atom stereocenters. The van der Waals surface area contributed by atoms with E-state index in [1.165, 1.54) is 11.3 Å². The molecule has 0 radical (unpaired) electrons. The van der Waals surface area contributed by atoms with Gasteiger partial charge in [0.05, 0.1) is 0 Å². The van der Waals surface area contributed by atoms with E-state index in [2.05, 4.69) is 30.7 Å². The van der Waals surface area contributed by atoms with E-state index in [1.54, 1.807) is 11.3 Å². The summed E-state index contributed by atoms with van der Waals surface area (Å²) >= 11 is 1.74. The molecule has 0 spiro atoms. The van der Waals surface area contributed by atoms with Crippen molar-refractivity contribution >= 4 is 16.5 Å². The Hall–Kier alpha value is -0.610. The summed E-state index contributed by atoms with van der Waals surface area (Å²) in [5.74, 6) is 0.769. The number of thiazole rings is 1. The van der Waals surface area contributed by atoms with Gasteiger partial charge in [0.2, 0.25) is 0 Å². The van der Waals surface area contributed by atoms with Crippen LogP contribution in [-0.4, -0.2) is 18.1 Å². The van der Waals surface area contributed by atoms with Crippen LogP contribution in [0.15, 0.2) is 6.20 Å². The Morgan fingerprint density at radius 3 is 2.71 bits per heavy atom. The Labute approximate surface area is 108 Å². The number of aromatic nitrogens is 1. The van der Waals surface area contributed by atoms with E-state index in [-0.39, 0.29) is 6.04 Å². The third kappa shape index (κ3) is 2.80. The van der Waals surface area contributed by atoms with Crippen molar-refractivity contribution in [1.82, 2.24) is 4.98 Å². The number of nitrogens with zero attached hydrogens (tertiary/aromatic N) is 2. The van der Waals surface area contributed by atoms with Crippen LogP contribution < -0.4 is 10.6 Å². The monoisotopic (exact) mass is 253 g/mol. The first kappa shape index (κ1) is 12.8. The van der Waals surface area contributed by atoms with Gasteiger partial charge in [-0.05, 0) is 24.7 Å². The average molecular weight is 253 g/mol. The molecule has 2 rings (SSSR count). The van der Waals surface area contributed by atoms with Crippen LogP contribution >= 0.6 is 11.3 Å². The minimum atomic E-state index is 0.0993. The van der Waals surface area contributed by atoms with Gasteiger partial charge < -0.3 is 10.6 Å². The molecule has 2 heterocycles. The van der Waals surface area contributed by atoms with Gasteiger partial charge in [-0.1, -0.05) is 20.8 Å². The van der Waals surface area contributed by atoms with Gasteiger partial charge in [0.15, 0.2) is 5.13 Å². The highest BCUT2D eigenvalue weighted by Crippen LogP contribution is 2.37. The highest BCUT2D eigenvalue weighted by Gasteiger charge is 2.32. The molecule has 0 aromatic carbocycles. The third-order valence-corrected chi connectivity index (χ3v) is 4.90. The fraction of sp³-hybridized carbons (Fsp3) is 0.769. The van der Waals surface area contributed by atoms with Crippen molar-refractivity contribution < 1.29 is 0 Å². The second kappa shape index (κ2) is 4.58. The van der Waals surface area contributed by atoms with Gasteiger partial charge in [0.1, 0.15) is 0 Å². The third-order valence-electron chi connectivity index (χ3n) is 3.64. The van der Waals surface area contributed by atoms with Crippen LogP contribution in [0, 0.1) is 11.3 Å². The summed E-state index contributed by atoms with van der Waals surface area (Å²) in [6, 6.07) is 0.0993. The normalized spacial score (nSPS) is 23.1. The zero-order valence-electron chi connectivity index (χ0n) is 11.2. The maximum atomic E-state index is 5.87. The van der Waals surface area contributed by atoms with Gasteiger partial charge in [0, 0.05) is 30.2 Å². The lowest BCUT2D eigenvalue weighted by atomic mass is 9.80. The average Bonchev–Trinajstić information content (AvgIpc) is 2.85. The van der Waals surface area contributed by atoms with Crippen LogP contribution in [0.5, 0.6) is 0 Å². The largest absolute Gasteiger partial charge is 0.348 e. The van der Waals surface area contributed by atoms with E-state index in [4.69, 9.17) is 5.73 Å². The lowest BCUT2D eigenvalue weighted by Crippen LogP contribution is -2.25. The highest BCUT2D eigenvalue weighted by molar-refractivity contribution is 7.15. The van der Waals surface area contributed by atoms with Crippen LogP contribution in [0.25, 0.3) is 0 Å². The molecule has 1 fully saturated rings. The molecule has 0 amide bonds. The Balaban J connectivity index is 2.05. The first-order valence-corrected chi connectivity index (χ1v) is 7.16. The quantitative estimate of drug-likeness (QED) is 0.881. The Morgan fingerprint density at radius 1 is 1.53 bits per heavy atom. The van der Waals surface area contributed by atoms with Crippen molar-refractivity contribution in [2.24, 2.45) is 17.1 Å². The number of anilines is 1. The van der Waals surface area contributed by atoms with Crippen LogP contribution in [0.1, 0.15) is 45.0 Å². The van der Waals surface area contributed by atoms with Crippen molar-refractivity contribution in [1.29, 1.82) is 0 Å². The van der Waals surface area contributed by atoms with Crippen LogP contribution in [0.2, 0.25) is 0 Å². The first-order chi connectivity index (χ1) is 7.88. The summed E-state index contributed by atoms with van der Waals surface area (Å²) < 4.78 is 0. The molecule has 17 heavy (non-hydrogen) atoms. The van der Waals surface area contributed by atoms with Gasteiger partial charge in [0.25, 0.3) is 0 Å². The minimum Gasteiger partial charge on any atom is -0.348 e. The van der Waals surface area contributed by atoms with Gasteiger partial charge in [-0.2, -0.15) is 0 Å². The molecular weight excluding hydrogens is 230 g/mol. The maximum absolute atomic E-state index is 5.87. The molecule has 0 saturated carbocycles. The highest BCUT2D eigenvalue weighted by atomic mass is 32.1. The van der Waals surface area contributed by atoms with Crippen molar-refractivity contribution in [2.75, 3.05) is 18.0 Å². The van der Waals surface area contributed by atoms with Crippen molar-refractivity contribution in [3.63, 3.8) is 0 Å². The summed E-state index contributed by atoms with van der Waals surface area (Å²) in [6.07, 6.45) is 3.20. The smallest absolute Gasteiger partial charge is 0.185 e. The zero-order chi connectivity index (χ0) is 12.6. The lowest BCUT2D eigenvalue weighted by molar-refractivity contribution is 0.263. The molecule has 3 nitrogen and oxygen atoms in total. The topological polar surface area (TPSA) is 42.1 Å². The summed E-state index contributed by atoms with van der Waals surface area (Å²) in [5.41, 5.74) is 6.27. The fourth-order valence-corrected chi connectivity index (χ4v) is 3.18. The summed E-state index contributed by atoms with van der Waals surface area (Å²) in [5, 5.41) is 1.14. The Kier molecular flexibility index (Phi) is 3.46. The zero-order valence-corrected chi connectivity index (χ0v) is 12.0. The summed E-state index contributed by atoms with van der Waals surface area (Å²) in [6.45, 7) is 11.3. The van der Waals surface area contributed by atoms with E-state index < -0.39 is 0 Å². The Bertz CT molecular complexity index is 378. The van der Waals surface area contributed by atoms with Crippen molar-refractivity contribution in [2.45, 2.75) is 40.2 Å². The second-order valence-electron chi connectivity index (χ2n) is 6.13. The molecule has 0 bridgehead atoms. The molecule has 0 aliphatic carbocycles. The lowest BCUT2D eigenvalue weighted by Gasteiger charge is -2.26. The summed E-state index contributed by atoms with van der Waals surface area (Å²) in [7, 11) is 0. The molecule has 1 aliphatic rings. The molecule has 1 aromatic rings. The maximum Gasteiger partial charge on any atom is 0.185 e. The van der Waals surface area contributed by atoms with E-state index >= 15 is 0 Å². The summed E-state index contributed by atoms with van der Waals surface area (Å²) in [4.78, 5) is 8.09. The van der Waals surface area contributed by atoms with Gasteiger partial charge in [-0.3, -0.25) is 0 Å². The van der Waals surface area contributed by atoms with Crippen LogP contribution in [0.4, 0.5) is 5.13 Å². The number of hydrogen-bond acceptors (Lipinski definition) is 4. The number of rotatable bonds is 2. The standard InChI is InChI=1S/C13H23N3S/c1-9(14)11-7-15-12(17-11)16-6-5-10(8-16)13(2,3)4/h7,9-10H,5-6,8,14H2,1-4H3. The molecule has 1 aliphatic heterocycles.